The molecule has 0 saturated carbocycles. The number of hydrogen-bond donors (Lipinski definition) is 1. The van der Waals surface area contributed by atoms with Gasteiger partial charge in [0, 0.05) is 27.6 Å². The number of halogens is 5. The molecule has 0 amide bonds. The molecule has 0 aliphatic heterocycles. The Morgan fingerprint density at radius 2 is 1.74 bits per heavy atom. The summed E-state index contributed by atoms with van der Waals surface area (Å²) in [5.74, 6) is -0.851. The van der Waals surface area contributed by atoms with E-state index < -0.39 is 24.2 Å². The largest absolute Gasteiger partial charge is 0.573 e. The van der Waals surface area contributed by atoms with Gasteiger partial charge >= 0.3 is 12.3 Å². The molecule has 39 heavy (non-hydrogen) atoms. The average Bonchev–Trinajstić information content (AvgIpc) is 3.35. The molecular formula is C26H17Cl2F3N2O6. The molecule has 2 aromatic heterocycles. The van der Waals surface area contributed by atoms with Crippen LogP contribution < -0.4 is 14.2 Å². The summed E-state index contributed by atoms with van der Waals surface area (Å²) in [4.78, 5) is 11.2. The fourth-order valence-electron chi connectivity index (χ4n) is 4.06. The van der Waals surface area contributed by atoms with Crippen LogP contribution in [0.2, 0.25) is 10.0 Å². The summed E-state index contributed by atoms with van der Waals surface area (Å²) in [6.45, 7) is 3.03. The molecule has 0 fully saturated rings. The molecule has 1 atom stereocenters. The first kappa shape index (κ1) is 26.5. The van der Waals surface area contributed by atoms with E-state index in [0.29, 0.717) is 33.0 Å². The fourth-order valence-corrected chi connectivity index (χ4v) is 4.44. The minimum atomic E-state index is -4.91. The summed E-state index contributed by atoms with van der Waals surface area (Å²) in [5, 5.41) is 14.8. The van der Waals surface area contributed by atoms with Crippen molar-refractivity contribution in [2.45, 2.75) is 26.3 Å². The Labute approximate surface area is 228 Å². The van der Waals surface area contributed by atoms with Crippen LogP contribution in [0.5, 0.6) is 23.0 Å². The number of hydrogen-bond acceptors (Lipinski definition) is 6. The van der Waals surface area contributed by atoms with Gasteiger partial charge in [0.15, 0.2) is 23.3 Å². The monoisotopic (exact) mass is 580 g/mol. The van der Waals surface area contributed by atoms with Crippen LogP contribution in [0.3, 0.4) is 0 Å². The maximum absolute atomic E-state index is 13.0. The average molecular weight is 581 g/mol. The standard InChI is InChI=1S/C26H17Cl2F3N2O6/c1-12-23(37-18-8-15(28)7-17(10-18)36-13(2)25(34)35)20-11-16(38-26(29,30)31)4-6-21(20)33(12)24-19-5-3-14(27)9-22(19)39-32-24/h3-11,13H,1-2H3,(H,34,35)/t13-/m0/s1. The smallest absolute Gasteiger partial charge is 0.479 e. The first-order chi connectivity index (χ1) is 18.4. The van der Waals surface area contributed by atoms with Crippen LogP contribution in [0.4, 0.5) is 13.2 Å². The lowest BCUT2D eigenvalue weighted by molar-refractivity contribution is -0.274. The minimum absolute atomic E-state index is 0.120. The van der Waals surface area contributed by atoms with Crippen molar-refractivity contribution in [3.63, 3.8) is 0 Å². The Morgan fingerprint density at radius 3 is 2.46 bits per heavy atom. The van der Waals surface area contributed by atoms with Crippen molar-refractivity contribution < 1.29 is 41.8 Å². The third-order valence-corrected chi connectivity index (χ3v) is 6.16. The first-order valence-corrected chi connectivity index (χ1v) is 12.0. The molecule has 5 aromatic rings. The van der Waals surface area contributed by atoms with Crippen molar-refractivity contribution in [1.82, 2.24) is 9.72 Å². The van der Waals surface area contributed by atoms with Gasteiger partial charge in [-0.2, -0.15) is 0 Å². The van der Waals surface area contributed by atoms with Gasteiger partial charge in [-0.25, -0.2) is 4.79 Å². The normalized spacial score (nSPS) is 12.6. The van der Waals surface area contributed by atoms with E-state index in [4.69, 9.17) is 42.3 Å². The number of benzene rings is 3. The van der Waals surface area contributed by atoms with Crippen LogP contribution in [-0.2, 0) is 4.79 Å². The molecule has 1 N–H and O–H groups in total. The van der Waals surface area contributed by atoms with Crippen molar-refractivity contribution in [2.75, 3.05) is 0 Å². The summed E-state index contributed by atoms with van der Waals surface area (Å²) in [6, 6.07) is 13.0. The van der Waals surface area contributed by atoms with E-state index in [0.717, 1.165) is 0 Å². The molecule has 0 unspecified atom stereocenters. The highest BCUT2D eigenvalue weighted by Gasteiger charge is 2.32. The molecule has 0 bridgehead atoms. The number of aromatic nitrogens is 2. The summed E-state index contributed by atoms with van der Waals surface area (Å²) < 4.78 is 61.7. The Kier molecular flexibility index (Phi) is 6.73. The molecule has 0 radical (unpaired) electrons. The molecule has 0 aliphatic carbocycles. The molecule has 2 heterocycles. The van der Waals surface area contributed by atoms with Crippen LogP contribution in [0.1, 0.15) is 12.6 Å². The zero-order valence-electron chi connectivity index (χ0n) is 20.0. The third kappa shape index (κ3) is 5.41. The quantitative estimate of drug-likeness (QED) is 0.209. The van der Waals surface area contributed by atoms with Gasteiger partial charge in [0.2, 0.25) is 0 Å². The van der Waals surface area contributed by atoms with Gasteiger partial charge < -0.3 is 23.8 Å². The number of alkyl halides is 3. The second-order valence-corrected chi connectivity index (χ2v) is 9.32. The number of ether oxygens (including phenoxy) is 3. The van der Waals surface area contributed by atoms with Gasteiger partial charge in [0.25, 0.3) is 0 Å². The molecule has 0 spiro atoms. The van der Waals surface area contributed by atoms with E-state index in [1.807, 2.05) is 0 Å². The third-order valence-electron chi connectivity index (χ3n) is 5.70. The SMILES string of the molecule is Cc1c(Oc2cc(Cl)cc(O[C@@H](C)C(=O)O)c2)c2cc(OC(F)(F)F)ccc2n1-c1noc2cc(Cl)ccc12. The molecule has 8 nitrogen and oxygen atoms in total. The predicted octanol–water partition coefficient (Wildman–Crippen LogP) is 7.93. The Bertz CT molecular complexity index is 1730. The zero-order valence-corrected chi connectivity index (χ0v) is 21.6. The van der Waals surface area contributed by atoms with E-state index in [1.165, 1.54) is 43.3 Å². The highest BCUT2D eigenvalue weighted by atomic mass is 35.5. The Hall–Kier alpha value is -4.09. The highest BCUT2D eigenvalue weighted by Crippen LogP contribution is 2.42. The lowest BCUT2D eigenvalue weighted by Gasteiger charge is -2.13. The molecule has 0 saturated heterocycles. The van der Waals surface area contributed by atoms with Gasteiger partial charge in [0.05, 0.1) is 16.6 Å². The van der Waals surface area contributed by atoms with E-state index in [1.54, 1.807) is 29.7 Å². The molecule has 0 aliphatic rings. The summed E-state index contributed by atoms with van der Waals surface area (Å²) in [5.41, 5.74) is 1.31. The van der Waals surface area contributed by atoms with Crippen molar-refractivity contribution >= 4 is 51.0 Å². The first-order valence-electron chi connectivity index (χ1n) is 11.2. The molecule has 13 heteroatoms. The maximum Gasteiger partial charge on any atom is 0.573 e. The zero-order chi connectivity index (χ0) is 28.1. The second kappa shape index (κ2) is 9.90. The molecule has 202 valence electrons. The van der Waals surface area contributed by atoms with Gasteiger partial charge in [-0.15, -0.1) is 13.2 Å². The van der Waals surface area contributed by atoms with E-state index in [-0.39, 0.29) is 27.7 Å². The second-order valence-electron chi connectivity index (χ2n) is 8.45. The van der Waals surface area contributed by atoms with E-state index in [2.05, 4.69) is 9.89 Å². The highest BCUT2D eigenvalue weighted by molar-refractivity contribution is 6.31. The fraction of sp³-hybridized carbons (Fsp3) is 0.154. The van der Waals surface area contributed by atoms with Gasteiger partial charge in [-0.05, 0) is 56.3 Å². The van der Waals surface area contributed by atoms with Crippen molar-refractivity contribution in [3.05, 3.63) is 70.3 Å². The van der Waals surface area contributed by atoms with Gasteiger partial charge in [0.1, 0.15) is 17.2 Å². The van der Waals surface area contributed by atoms with Crippen molar-refractivity contribution in [1.29, 1.82) is 0 Å². The summed E-state index contributed by atoms with van der Waals surface area (Å²) in [7, 11) is 0. The minimum Gasteiger partial charge on any atom is -0.479 e. The van der Waals surface area contributed by atoms with Crippen molar-refractivity contribution in [2.24, 2.45) is 0 Å². The number of nitrogens with zero attached hydrogens (tertiary/aromatic N) is 2. The molecular weight excluding hydrogens is 564 g/mol. The predicted molar refractivity (Wildman–Crippen MR) is 137 cm³/mol. The van der Waals surface area contributed by atoms with Crippen LogP contribution >= 0.6 is 23.2 Å². The summed E-state index contributed by atoms with van der Waals surface area (Å²) in [6.07, 6.45) is -6.08. The number of carboxylic acids is 1. The van der Waals surface area contributed by atoms with Crippen LogP contribution in [0, 0.1) is 6.92 Å². The van der Waals surface area contributed by atoms with Crippen LogP contribution in [-0.4, -0.2) is 33.3 Å². The number of carbonyl (C=O) groups is 1. The number of aliphatic carboxylic acids is 1. The van der Waals surface area contributed by atoms with Crippen LogP contribution in [0.25, 0.3) is 27.7 Å². The number of carboxylic acid groups (broad SMARTS) is 1. The van der Waals surface area contributed by atoms with Crippen molar-refractivity contribution in [3.8, 4) is 28.8 Å². The number of fused-ring (bicyclic) bond motifs is 2. The summed E-state index contributed by atoms with van der Waals surface area (Å²) >= 11 is 12.3. The maximum atomic E-state index is 13.0. The Morgan fingerprint density at radius 1 is 1.00 bits per heavy atom. The molecule has 3 aromatic carbocycles. The topological polar surface area (TPSA) is 96.0 Å². The van der Waals surface area contributed by atoms with Crippen LogP contribution in [0.15, 0.2) is 59.1 Å². The van der Waals surface area contributed by atoms with Gasteiger partial charge in [-0.3, -0.25) is 4.57 Å². The molecule has 5 rings (SSSR count). The van der Waals surface area contributed by atoms with E-state index >= 15 is 0 Å². The lowest BCUT2D eigenvalue weighted by Crippen LogP contribution is -2.22. The Balaban J connectivity index is 1.67. The van der Waals surface area contributed by atoms with Gasteiger partial charge in [-0.1, -0.05) is 28.4 Å². The lowest BCUT2D eigenvalue weighted by atomic mass is 10.2. The number of rotatable bonds is 7. The van der Waals surface area contributed by atoms with E-state index in [9.17, 15) is 18.0 Å².